The van der Waals surface area contributed by atoms with Crippen molar-refractivity contribution >= 4 is 37.3 Å². The highest BCUT2D eigenvalue weighted by Crippen LogP contribution is 2.23. The van der Waals surface area contributed by atoms with Crippen molar-refractivity contribution in [1.82, 2.24) is 4.57 Å². The fourth-order valence-electron chi connectivity index (χ4n) is 2.97. The van der Waals surface area contributed by atoms with Crippen molar-refractivity contribution in [3.05, 3.63) is 58.1 Å². The number of thiazole rings is 1. The third kappa shape index (κ3) is 4.23. The van der Waals surface area contributed by atoms with Crippen molar-refractivity contribution in [2.75, 3.05) is 5.75 Å². The third-order valence-electron chi connectivity index (χ3n) is 4.69. The Bertz CT molecular complexity index is 1210. The smallest absolute Gasteiger partial charge is 0.248 e. The van der Waals surface area contributed by atoms with Gasteiger partial charge in [0.1, 0.15) is 5.82 Å². The van der Waals surface area contributed by atoms with E-state index < -0.39 is 15.7 Å². The number of aryl methyl sites for hydroxylation is 3. The number of carbonyl (C=O) groups is 1. The van der Waals surface area contributed by atoms with E-state index in [1.165, 1.54) is 29.0 Å². The Kier molecular flexibility index (Phi) is 5.81. The Labute approximate surface area is 167 Å². The van der Waals surface area contributed by atoms with Gasteiger partial charge in [-0.3, -0.25) is 4.79 Å². The lowest BCUT2D eigenvalue weighted by molar-refractivity contribution is -0.118. The van der Waals surface area contributed by atoms with E-state index in [-0.39, 0.29) is 29.4 Å². The minimum absolute atomic E-state index is 0.0344. The van der Waals surface area contributed by atoms with Gasteiger partial charge in [0.15, 0.2) is 14.6 Å². The Hall–Kier alpha value is -2.32. The molecule has 0 aliphatic carbocycles. The van der Waals surface area contributed by atoms with E-state index in [2.05, 4.69) is 4.99 Å². The molecule has 8 heteroatoms. The summed E-state index contributed by atoms with van der Waals surface area (Å²) < 4.78 is 40.4. The maximum absolute atomic E-state index is 12.9. The zero-order chi connectivity index (χ0) is 20.5. The molecule has 3 rings (SSSR count). The number of sulfone groups is 1. The van der Waals surface area contributed by atoms with Gasteiger partial charge >= 0.3 is 0 Å². The summed E-state index contributed by atoms with van der Waals surface area (Å²) in [5.41, 5.74) is 3.37. The van der Waals surface area contributed by atoms with E-state index in [0.717, 1.165) is 27.9 Å². The zero-order valence-electron chi connectivity index (χ0n) is 15.9. The standard InChI is InChI=1S/C20H21FN2O3S2/c1-13-6-11-17-19(14(13)2)23(3)20(27-17)22-18(24)5-4-12-28(25,26)16-9-7-15(21)8-10-16/h6-11H,4-5,12H2,1-3H3. The van der Waals surface area contributed by atoms with Crippen LogP contribution in [0.5, 0.6) is 0 Å². The normalized spacial score (nSPS) is 12.6. The van der Waals surface area contributed by atoms with E-state index in [1.54, 1.807) is 0 Å². The molecule has 2 aromatic carbocycles. The van der Waals surface area contributed by atoms with Crippen LogP contribution in [-0.2, 0) is 21.7 Å². The molecule has 3 aromatic rings. The van der Waals surface area contributed by atoms with Crippen LogP contribution in [0.4, 0.5) is 4.39 Å². The molecule has 0 unspecified atom stereocenters. The van der Waals surface area contributed by atoms with E-state index >= 15 is 0 Å². The number of nitrogens with zero attached hydrogens (tertiary/aromatic N) is 2. The summed E-state index contributed by atoms with van der Waals surface area (Å²) in [7, 11) is -1.68. The van der Waals surface area contributed by atoms with Gasteiger partial charge < -0.3 is 4.57 Å². The van der Waals surface area contributed by atoms with Gasteiger partial charge in [-0.05, 0) is 61.7 Å². The van der Waals surface area contributed by atoms with Gasteiger partial charge in [0, 0.05) is 13.5 Å². The van der Waals surface area contributed by atoms with Crippen molar-refractivity contribution in [2.45, 2.75) is 31.6 Å². The molecule has 0 bridgehead atoms. The lowest BCUT2D eigenvalue weighted by Crippen LogP contribution is -2.14. The van der Waals surface area contributed by atoms with Gasteiger partial charge in [-0.2, -0.15) is 4.99 Å². The first-order valence-electron chi connectivity index (χ1n) is 8.80. The van der Waals surface area contributed by atoms with Crippen molar-refractivity contribution in [1.29, 1.82) is 0 Å². The first-order chi connectivity index (χ1) is 13.2. The van der Waals surface area contributed by atoms with Gasteiger partial charge in [0.05, 0.1) is 20.9 Å². The molecule has 0 atom stereocenters. The molecular formula is C20H21FN2O3S2. The van der Waals surface area contributed by atoms with Crippen molar-refractivity contribution in [3.63, 3.8) is 0 Å². The summed E-state index contributed by atoms with van der Waals surface area (Å²) in [5, 5.41) is 0. The summed E-state index contributed by atoms with van der Waals surface area (Å²) in [6.45, 7) is 4.08. The van der Waals surface area contributed by atoms with Crippen LogP contribution in [0.25, 0.3) is 10.2 Å². The monoisotopic (exact) mass is 420 g/mol. The number of aromatic nitrogens is 1. The van der Waals surface area contributed by atoms with E-state index in [0.29, 0.717) is 4.80 Å². The molecule has 0 spiro atoms. The number of rotatable bonds is 5. The van der Waals surface area contributed by atoms with Crippen molar-refractivity contribution in [3.8, 4) is 0 Å². The Balaban J connectivity index is 1.72. The number of hydrogen-bond acceptors (Lipinski definition) is 4. The number of halogens is 1. The second-order valence-electron chi connectivity index (χ2n) is 6.68. The number of fused-ring (bicyclic) bond motifs is 1. The molecule has 0 aliphatic rings. The first kappa shape index (κ1) is 20.4. The summed E-state index contributed by atoms with van der Waals surface area (Å²) in [6.07, 6.45) is 0.196. The molecule has 148 valence electrons. The Morgan fingerprint density at radius 1 is 1.14 bits per heavy atom. The van der Waals surface area contributed by atoms with Crippen LogP contribution >= 0.6 is 11.3 Å². The minimum Gasteiger partial charge on any atom is -0.319 e. The lowest BCUT2D eigenvalue weighted by Gasteiger charge is -2.04. The van der Waals surface area contributed by atoms with Gasteiger partial charge in [-0.25, -0.2) is 12.8 Å². The second-order valence-corrected chi connectivity index (χ2v) is 9.80. The average Bonchev–Trinajstić information content (AvgIpc) is 2.95. The van der Waals surface area contributed by atoms with Crippen molar-refractivity contribution in [2.24, 2.45) is 12.0 Å². The van der Waals surface area contributed by atoms with E-state index in [1.807, 2.05) is 37.6 Å². The Morgan fingerprint density at radius 3 is 2.50 bits per heavy atom. The molecule has 1 heterocycles. The number of benzene rings is 2. The van der Waals surface area contributed by atoms with Crippen LogP contribution in [0.1, 0.15) is 24.0 Å². The number of carbonyl (C=O) groups excluding carboxylic acids is 1. The summed E-state index contributed by atoms with van der Waals surface area (Å²) in [6, 6.07) is 8.75. The minimum atomic E-state index is -3.55. The molecule has 1 amide bonds. The molecule has 0 aliphatic heterocycles. The summed E-state index contributed by atoms with van der Waals surface area (Å²) >= 11 is 1.43. The highest BCUT2D eigenvalue weighted by molar-refractivity contribution is 7.91. The molecular weight excluding hydrogens is 399 g/mol. The largest absolute Gasteiger partial charge is 0.319 e. The number of amides is 1. The molecule has 28 heavy (non-hydrogen) atoms. The molecule has 5 nitrogen and oxygen atoms in total. The second kappa shape index (κ2) is 7.97. The van der Waals surface area contributed by atoms with E-state index in [4.69, 9.17) is 0 Å². The summed E-state index contributed by atoms with van der Waals surface area (Å²) in [5.74, 6) is -1.03. The highest BCUT2D eigenvalue weighted by atomic mass is 32.2. The predicted molar refractivity (Wildman–Crippen MR) is 109 cm³/mol. The maximum Gasteiger partial charge on any atom is 0.248 e. The van der Waals surface area contributed by atoms with Crippen LogP contribution < -0.4 is 4.80 Å². The molecule has 1 aromatic heterocycles. The van der Waals surface area contributed by atoms with Crippen molar-refractivity contribution < 1.29 is 17.6 Å². The van der Waals surface area contributed by atoms with Crippen LogP contribution in [0.15, 0.2) is 46.3 Å². The summed E-state index contributed by atoms with van der Waals surface area (Å²) in [4.78, 5) is 17.1. The zero-order valence-corrected chi connectivity index (χ0v) is 17.5. The van der Waals surface area contributed by atoms with Crippen LogP contribution in [0.2, 0.25) is 0 Å². The van der Waals surface area contributed by atoms with Gasteiger partial charge in [0.25, 0.3) is 0 Å². The topological polar surface area (TPSA) is 68.5 Å². The predicted octanol–water partition coefficient (Wildman–Crippen LogP) is 3.68. The first-order valence-corrected chi connectivity index (χ1v) is 11.3. The SMILES string of the molecule is Cc1ccc2sc(=NC(=O)CCCS(=O)(=O)c3ccc(F)cc3)n(C)c2c1C. The van der Waals surface area contributed by atoms with Gasteiger partial charge in [-0.1, -0.05) is 17.4 Å². The molecule has 0 fully saturated rings. The fourth-order valence-corrected chi connectivity index (χ4v) is 5.38. The fraction of sp³-hybridized carbons (Fsp3) is 0.300. The van der Waals surface area contributed by atoms with E-state index in [9.17, 15) is 17.6 Å². The van der Waals surface area contributed by atoms with Crippen LogP contribution in [0.3, 0.4) is 0 Å². The van der Waals surface area contributed by atoms with Crippen LogP contribution in [-0.4, -0.2) is 24.6 Å². The Morgan fingerprint density at radius 2 is 1.82 bits per heavy atom. The quantitative estimate of drug-likeness (QED) is 0.592. The highest BCUT2D eigenvalue weighted by Gasteiger charge is 2.15. The van der Waals surface area contributed by atoms with Gasteiger partial charge in [0.2, 0.25) is 5.91 Å². The lowest BCUT2D eigenvalue weighted by atomic mass is 10.1. The molecule has 0 N–H and O–H groups in total. The maximum atomic E-state index is 12.9. The number of hydrogen-bond donors (Lipinski definition) is 0. The molecule has 0 saturated heterocycles. The van der Waals surface area contributed by atoms with Gasteiger partial charge in [-0.15, -0.1) is 0 Å². The third-order valence-corrected chi connectivity index (χ3v) is 7.60. The molecule has 0 saturated carbocycles. The van der Waals surface area contributed by atoms with Crippen LogP contribution in [0, 0.1) is 19.7 Å². The average molecular weight is 421 g/mol. The molecule has 0 radical (unpaired) electrons.